The van der Waals surface area contributed by atoms with Crippen molar-refractivity contribution in [2.75, 3.05) is 39.6 Å². The molecule has 0 amide bonds. The number of unbranched alkanes of at least 4 members (excludes halogenated alkanes) is 4. The molecule has 344 valence electrons. The van der Waals surface area contributed by atoms with Crippen molar-refractivity contribution in [3.05, 3.63) is 11.1 Å². The molecule has 61 heavy (non-hydrogen) atoms. The number of carbonyl (C=O) groups is 3. The van der Waals surface area contributed by atoms with Gasteiger partial charge in [-0.15, -0.1) is 0 Å². The average molecular weight is 861 g/mol. The highest BCUT2D eigenvalue weighted by molar-refractivity contribution is 5.92. The molecule has 8 aliphatic rings. The minimum atomic E-state index is -1.05. The summed E-state index contributed by atoms with van der Waals surface area (Å²) in [5.41, 5.74) is -0.712. The van der Waals surface area contributed by atoms with E-state index >= 15 is 0 Å². The van der Waals surface area contributed by atoms with Crippen LogP contribution in [0, 0.1) is 17.3 Å². The van der Waals surface area contributed by atoms with Crippen molar-refractivity contribution in [3.63, 3.8) is 0 Å². The first kappa shape index (κ1) is 45.4. The van der Waals surface area contributed by atoms with Crippen LogP contribution in [0.1, 0.15) is 138 Å². The highest BCUT2D eigenvalue weighted by Gasteiger charge is 3.01. The van der Waals surface area contributed by atoms with Crippen molar-refractivity contribution in [3.8, 4) is 0 Å². The Kier molecular flexibility index (Phi) is 13.7. The van der Waals surface area contributed by atoms with Gasteiger partial charge in [-0.05, 0) is 68.8 Å². The highest BCUT2D eigenvalue weighted by Crippen LogP contribution is 2.83. The minimum absolute atomic E-state index is 0.00397. The van der Waals surface area contributed by atoms with Crippen LogP contribution in [-0.4, -0.2) is 129 Å². The first-order valence-electron chi connectivity index (χ1n) is 23.9. The molecule has 2 saturated carbocycles. The van der Waals surface area contributed by atoms with Crippen molar-refractivity contribution in [2.24, 2.45) is 17.3 Å². The van der Waals surface area contributed by atoms with E-state index in [0.717, 1.165) is 68.9 Å². The summed E-state index contributed by atoms with van der Waals surface area (Å²) in [5, 5.41) is 0. The van der Waals surface area contributed by atoms with E-state index in [2.05, 4.69) is 48.5 Å². The molecule has 5 aliphatic heterocycles. The molecule has 14 heteroatoms. The molecule has 0 radical (unpaired) electrons. The van der Waals surface area contributed by atoms with Crippen molar-refractivity contribution < 1.29 is 66.5 Å². The SMILES string of the molecule is CCCCOCC1O[C@H](OC(=O)CCCC(=O)O[C@@H]2[C@@]3(C(C)C)O[C@H]3[C@@H]3O[C@]34[C@]23O[C@H]3C[C@H]2C3=C(CC[C@@]24C)C(=O)OC3)C(OCCCC)[C@@H](OCCCC)[C@@H]1OCCCC. The standard InChI is InChI=1S/C47H72O14/c1-8-12-21-51-27-32-36(52-22-13-9-2)37(53-23-14-10-3)38(54-24-15-11-4)42(56-32)57-34(48)17-16-18-35(49)58-43-45(28(5)6)39(60-45)40-47(61-40)44(7)20-19-29-30(26-55-41(29)50)31(44)25-33-46(43,47)59-33/h28,31-33,36-40,42-43H,8-27H2,1-7H3/t31-,32?,33-,36+,37-,38?,39-,40-,42+,43+,44-,45-,46+,47+/m0/s1. The molecule has 2 spiro atoms. The number of hydrogen-bond acceptors (Lipinski definition) is 14. The molecule has 8 rings (SSSR count). The molecule has 0 bridgehead atoms. The molecule has 2 unspecified atom stereocenters. The van der Waals surface area contributed by atoms with Crippen LogP contribution in [0.15, 0.2) is 11.1 Å². The zero-order chi connectivity index (χ0) is 43.2. The molecule has 0 aromatic rings. The van der Waals surface area contributed by atoms with Crippen LogP contribution in [0.4, 0.5) is 0 Å². The lowest BCUT2D eigenvalue weighted by Gasteiger charge is -2.53. The molecular formula is C47H72O14. The van der Waals surface area contributed by atoms with E-state index in [0.29, 0.717) is 45.9 Å². The summed E-state index contributed by atoms with van der Waals surface area (Å²) < 4.78 is 70.4. The maximum atomic E-state index is 13.9. The maximum Gasteiger partial charge on any atom is 0.334 e. The Hall–Kier alpha value is -2.17. The smallest absolute Gasteiger partial charge is 0.334 e. The Morgan fingerprint density at radius 1 is 0.770 bits per heavy atom. The first-order valence-corrected chi connectivity index (χ1v) is 23.9. The fraction of sp³-hybridized carbons (Fsp3) is 0.894. The molecule has 0 N–H and O–H groups in total. The van der Waals surface area contributed by atoms with Gasteiger partial charge in [0.15, 0.2) is 11.7 Å². The second kappa shape index (κ2) is 18.4. The predicted molar refractivity (Wildman–Crippen MR) is 219 cm³/mol. The van der Waals surface area contributed by atoms with Gasteiger partial charge in [-0.25, -0.2) is 4.79 Å². The number of esters is 3. The summed E-state index contributed by atoms with van der Waals surface area (Å²) in [6.07, 6.45) is 5.08. The number of rotatable bonds is 24. The van der Waals surface area contributed by atoms with E-state index in [1.807, 2.05) is 0 Å². The van der Waals surface area contributed by atoms with E-state index < -0.39 is 65.6 Å². The van der Waals surface area contributed by atoms with Gasteiger partial charge < -0.3 is 52.1 Å². The molecule has 0 aromatic carbocycles. The van der Waals surface area contributed by atoms with E-state index in [-0.39, 0.29) is 67.4 Å². The summed E-state index contributed by atoms with van der Waals surface area (Å²) in [6, 6.07) is 0. The number of ether oxygens (including phenoxy) is 11. The molecule has 3 aliphatic carbocycles. The molecule has 14 atom stereocenters. The van der Waals surface area contributed by atoms with E-state index in [1.54, 1.807) is 0 Å². The normalized spacial score (nSPS) is 41.1. The fourth-order valence-electron chi connectivity index (χ4n) is 11.8. The lowest BCUT2D eigenvalue weighted by atomic mass is 9.46. The third-order valence-electron chi connectivity index (χ3n) is 15.3. The molecule has 0 aromatic heterocycles. The Morgan fingerprint density at radius 3 is 2.08 bits per heavy atom. The predicted octanol–water partition coefficient (Wildman–Crippen LogP) is 6.47. The van der Waals surface area contributed by atoms with Crippen LogP contribution in [-0.2, 0) is 66.5 Å². The van der Waals surface area contributed by atoms with Gasteiger partial charge in [0.25, 0.3) is 0 Å². The third kappa shape index (κ3) is 7.72. The Bertz CT molecular complexity index is 1630. The van der Waals surface area contributed by atoms with Gasteiger partial charge in [0.05, 0.1) is 12.7 Å². The van der Waals surface area contributed by atoms with Gasteiger partial charge in [0, 0.05) is 50.3 Å². The van der Waals surface area contributed by atoms with Crippen LogP contribution in [0.5, 0.6) is 0 Å². The largest absolute Gasteiger partial charge is 0.458 e. The Morgan fingerprint density at radius 2 is 1.41 bits per heavy atom. The van der Waals surface area contributed by atoms with Crippen molar-refractivity contribution in [2.45, 2.75) is 210 Å². The van der Waals surface area contributed by atoms with Crippen LogP contribution < -0.4 is 0 Å². The summed E-state index contributed by atoms with van der Waals surface area (Å²) in [5.74, 6) is -1.02. The molecule has 5 heterocycles. The monoisotopic (exact) mass is 860 g/mol. The van der Waals surface area contributed by atoms with Gasteiger partial charge in [0.1, 0.15) is 54.4 Å². The van der Waals surface area contributed by atoms with Crippen molar-refractivity contribution in [1.82, 2.24) is 0 Å². The Labute approximate surface area is 362 Å². The van der Waals surface area contributed by atoms with Gasteiger partial charge in [-0.3, -0.25) is 9.59 Å². The quantitative estimate of drug-likeness (QED) is 0.0450. The molecule has 4 saturated heterocycles. The fourth-order valence-corrected chi connectivity index (χ4v) is 11.8. The van der Waals surface area contributed by atoms with Gasteiger partial charge in [0.2, 0.25) is 6.29 Å². The maximum absolute atomic E-state index is 13.9. The zero-order valence-corrected chi connectivity index (χ0v) is 37.7. The van der Waals surface area contributed by atoms with Crippen LogP contribution in [0.25, 0.3) is 0 Å². The third-order valence-corrected chi connectivity index (χ3v) is 15.3. The van der Waals surface area contributed by atoms with Gasteiger partial charge in [-0.2, -0.15) is 0 Å². The van der Waals surface area contributed by atoms with Crippen LogP contribution >= 0.6 is 0 Å². The Balaban J connectivity index is 0.936. The lowest BCUT2D eigenvalue weighted by Crippen LogP contribution is -2.70. The van der Waals surface area contributed by atoms with Crippen molar-refractivity contribution in [1.29, 1.82) is 0 Å². The van der Waals surface area contributed by atoms with Gasteiger partial charge >= 0.3 is 17.9 Å². The summed E-state index contributed by atoms with van der Waals surface area (Å²) >= 11 is 0. The van der Waals surface area contributed by atoms with Gasteiger partial charge in [-0.1, -0.05) is 74.1 Å². The summed E-state index contributed by atoms with van der Waals surface area (Å²) in [7, 11) is 0. The van der Waals surface area contributed by atoms with Crippen LogP contribution in [0.3, 0.4) is 0 Å². The minimum Gasteiger partial charge on any atom is -0.458 e. The number of epoxide rings is 3. The average Bonchev–Trinajstić information content (AvgIpc) is 4.17. The summed E-state index contributed by atoms with van der Waals surface area (Å²) in [6.45, 7) is 17.6. The van der Waals surface area contributed by atoms with E-state index in [4.69, 9.17) is 52.1 Å². The zero-order valence-electron chi connectivity index (χ0n) is 37.7. The number of carbonyl (C=O) groups excluding carboxylic acids is 3. The molecule has 14 nitrogen and oxygen atoms in total. The number of hydrogen-bond donors (Lipinski definition) is 0. The lowest BCUT2D eigenvalue weighted by molar-refractivity contribution is -0.315. The molecule has 6 fully saturated rings. The second-order valence-corrected chi connectivity index (χ2v) is 19.3. The summed E-state index contributed by atoms with van der Waals surface area (Å²) in [4.78, 5) is 40.2. The van der Waals surface area contributed by atoms with Crippen LogP contribution in [0.2, 0.25) is 0 Å². The molecular weight excluding hydrogens is 789 g/mol. The topological polar surface area (TPSA) is 163 Å². The second-order valence-electron chi connectivity index (χ2n) is 19.3. The van der Waals surface area contributed by atoms with E-state index in [9.17, 15) is 14.4 Å². The number of fused-ring (bicyclic) bond motifs is 4. The number of cyclic esters (lactones) is 1. The van der Waals surface area contributed by atoms with E-state index in [1.165, 1.54) is 0 Å². The highest BCUT2D eigenvalue weighted by atomic mass is 16.8. The first-order chi connectivity index (χ1) is 29.5. The van der Waals surface area contributed by atoms with Crippen molar-refractivity contribution >= 4 is 17.9 Å².